The van der Waals surface area contributed by atoms with E-state index in [9.17, 15) is 4.79 Å². The molecule has 110 valence electrons. The fraction of sp³-hybridized carbons (Fsp3) is 0.750. The van der Waals surface area contributed by atoms with Crippen molar-refractivity contribution in [1.29, 1.82) is 0 Å². The Kier molecular flexibility index (Phi) is 3.44. The van der Waals surface area contributed by atoms with Crippen molar-refractivity contribution in [2.24, 2.45) is 0 Å². The van der Waals surface area contributed by atoms with Gasteiger partial charge in [0.25, 0.3) is 5.56 Å². The van der Waals surface area contributed by atoms with Gasteiger partial charge < -0.3 is 4.74 Å². The standard InChI is InChI=1S/C16H24N2O2/c1-16(2,3)13-9-14(11-6-7-11)17-18(15(13)19)12-5-4-8-20-10-12/h9,11-12H,4-8,10H2,1-3H3. The highest BCUT2D eigenvalue weighted by atomic mass is 16.5. The molecule has 0 amide bonds. The van der Waals surface area contributed by atoms with Crippen molar-refractivity contribution in [3.05, 3.63) is 27.7 Å². The number of ether oxygens (including phenoxy) is 1. The predicted molar refractivity (Wildman–Crippen MR) is 78.3 cm³/mol. The maximum atomic E-state index is 12.8. The van der Waals surface area contributed by atoms with Crippen LogP contribution in [0.4, 0.5) is 0 Å². The summed E-state index contributed by atoms with van der Waals surface area (Å²) in [5.41, 5.74) is 1.92. The van der Waals surface area contributed by atoms with Crippen LogP contribution >= 0.6 is 0 Å². The molecule has 1 aromatic rings. The average molecular weight is 276 g/mol. The molecule has 1 aliphatic carbocycles. The molecule has 1 unspecified atom stereocenters. The molecule has 1 saturated carbocycles. The first kappa shape index (κ1) is 13.8. The summed E-state index contributed by atoms with van der Waals surface area (Å²) in [6.07, 6.45) is 4.41. The highest BCUT2D eigenvalue weighted by molar-refractivity contribution is 5.25. The summed E-state index contributed by atoms with van der Waals surface area (Å²) in [5.74, 6) is 0.562. The van der Waals surface area contributed by atoms with E-state index in [-0.39, 0.29) is 17.0 Å². The normalized spacial score (nSPS) is 23.9. The monoisotopic (exact) mass is 276 g/mol. The smallest absolute Gasteiger partial charge is 0.270 e. The van der Waals surface area contributed by atoms with Crippen LogP contribution in [0.25, 0.3) is 0 Å². The maximum absolute atomic E-state index is 12.8. The van der Waals surface area contributed by atoms with Crippen LogP contribution in [0.2, 0.25) is 0 Å². The predicted octanol–water partition coefficient (Wildman–Crippen LogP) is 2.77. The Morgan fingerprint density at radius 2 is 2.05 bits per heavy atom. The quantitative estimate of drug-likeness (QED) is 0.834. The molecule has 4 heteroatoms. The second-order valence-corrected chi connectivity index (χ2v) is 7.13. The van der Waals surface area contributed by atoms with Gasteiger partial charge in [0, 0.05) is 18.1 Å². The number of rotatable bonds is 2. The van der Waals surface area contributed by atoms with E-state index in [1.807, 2.05) is 6.07 Å². The summed E-state index contributed by atoms with van der Waals surface area (Å²) in [7, 11) is 0. The van der Waals surface area contributed by atoms with Crippen LogP contribution in [0.5, 0.6) is 0 Å². The third kappa shape index (κ3) is 2.66. The van der Waals surface area contributed by atoms with E-state index in [1.54, 1.807) is 4.68 Å². The largest absolute Gasteiger partial charge is 0.379 e. The van der Waals surface area contributed by atoms with Gasteiger partial charge in [-0.1, -0.05) is 20.8 Å². The highest BCUT2D eigenvalue weighted by Crippen LogP contribution is 2.39. The lowest BCUT2D eigenvalue weighted by Crippen LogP contribution is -2.37. The van der Waals surface area contributed by atoms with Gasteiger partial charge in [0.1, 0.15) is 0 Å². The van der Waals surface area contributed by atoms with Crippen LogP contribution in [-0.2, 0) is 10.2 Å². The molecule has 0 N–H and O–H groups in total. The third-order valence-electron chi connectivity index (χ3n) is 4.24. The van der Waals surface area contributed by atoms with Gasteiger partial charge in [-0.2, -0.15) is 5.10 Å². The average Bonchev–Trinajstić information content (AvgIpc) is 3.23. The fourth-order valence-corrected chi connectivity index (χ4v) is 2.81. The van der Waals surface area contributed by atoms with Gasteiger partial charge >= 0.3 is 0 Å². The molecule has 0 radical (unpaired) electrons. The first-order chi connectivity index (χ1) is 9.47. The maximum Gasteiger partial charge on any atom is 0.270 e. The number of hydrogen-bond donors (Lipinski definition) is 0. The SMILES string of the molecule is CC(C)(C)c1cc(C2CC2)nn(C2CCCOC2)c1=O. The first-order valence-corrected chi connectivity index (χ1v) is 7.69. The number of hydrogen-bond acceptors (Lipinski definition) is 3. The van der Waals surface area contributed by atoms with Gasteiger partial charge in [0.15, 0.2) is 0 Å². The minimum Gasteiger partial charge on any atom is -0.379 e. The number of aromatic nitrogens is 2. The lowest BCUT2D eigenvalue weighted by atomic mass is 9.87. The zero-order chi connectivity index (χ0) is 14.3. The zero-order valence-electron chi connectivity index (χ0n) is 12.7. The molecular weight excluding hydrogens is 252 g/mol. The molecule has 0 aromatic carbocycles. The van der Waals surface area contributed by atoms with Crippen LogP contribution in [0.1, 0.15) is 69.7 Å². The van der Waals surface area contributed by atoms with Crippen LogP contribution in [0, 0.1) is 0 Å². The van der Waals surface area contributed by atoms with Gasteiger partial charge in [-0.05, 0) is 37.2 Å². The Morgan fingerprint density at radius 3 is 2.60 bits per heavy atom. The molecule has 1 aromatic heterocycles. The molecule has 0 bridgehead atoms. The van der Waals surface area contributed by atoms with Crippen molar-refractivity contribution in [3.63, 3.8) is 0 Å². The van der Waals surface area contributed by atoms with Crippen LogP contribution < -0.4 is 5.56 Å². The van der Waals surface area contributed by atoms with Crippen LogP contribution in [0.15, 0.2) is 10.9 Å². The van der Waals surface area contributed by atoms with Crippen molar-refractivity contribution in [2.75, 3.05) is 13.2 Å². The summed E-state index contributed by atoms with van der Waals surface area (Å²) in [6.45, 7) is 7.72. The first-order valence-electron chi connectivity index (χ1n) is 7.69. The molecule has 2 heterocycles. The van der Waals surface area contributed by atoms with Crippen molar-refractivity contribution in [3.8, 4) is 0 Å². The Hall–Kier alpha value is -1.16. The topological polar surface area (TPSA) is 44.1 Å². The van der Waals surface area contributed by atoms with Gasteiger partial charge in [0.05, 0.1) is 18.3 Å². The molecule has 20 heavy (non-hydrogen) atoms. The summed E-state index contributed by atoms with van der Waals surface area (Å²) in [6, 6.07) is 2.15. The van der Waals surface area contributed by atoms with E-state index in [0.29, 0.717) is 12.5 Å². The van der Waals surface area contributed by atoms with E-state index in [2.05, 4.69) is 25.9 Å². The Balaban J connectivity index is 2.07. The minimum atomic E-state index is -0.138. The molecule has 1 atom stereocenters. The van der Waals surface area contributed by atoms with E-state index in [1.165, 1.54) is 12.8 Å². The van der Waals surface area contributed by atoms with Gasteiger partial charge in [-0.15, -0.1) is 0 Å². The minimum absolute atomic E-state index is 0.0670. The van der Waals surface area contributed by atoms with Gasteiger partial charge in [0.2, 0.25) is 0 Å². The Labute approximate surface area is 120 Å². The van der Waals surface area contributed by atoms with Crippen LogP contribution in [0.3, 0.4) is 0 Å². The molecular formula is C16H24N2O2. The van der Waals surface area contributed by atoms with Crippen LogP contribution in [-0.4, -0.2) is 23.0 Å². The van der Waals surface area contributed by atoms with E-state index < -0.39 is 0 Å². The molecule has 0 spiro atoms. The Bertz CT molecular complexity index is 547. The van der Waals surface area contributed by atoms with E-state index >= 15 is 0 Å². The second-order valence-electron chi connectivity index (χ2n) is 7.13. The summed E-state index contributed by atoms with van der Waals surface area (Å²) >= 11 is 0. The second kappa shape index (κ2) is 4.99. The van der Waals surface area contributed by atoms with Crippen molar-refractivity contribution in [1.82, 2.24) is 9.78 Å². The third-order valence-corrected chi connectivity index (χ3v) is 4.24. The van der Waals surface area contributed by atoms with E-state index in [0.717, 1.165) is 30.7 Å². The highest BCUT2D eigenvalue weighted by Gasteiger charge is 2.31. The molecule has 4 nitrogen and oxygen atoms in total. The zero-order valence-corrected chi connectivity index (χ0v) is 12.7. The molecule has 2 aliphatic rings. The molecule has 1 saturated heterocycles. The van der Waals surface area contributed by atoms with Crippen molar-refractivity contribution in [2.45, 2.75) is 63.8 Å². The summed E-state index contributed by atoms with van der Waals surface area (Å²) < 4.78 is 7.25. The van der Waals surface area contributed by atoms with Gasteiger partial charge in [-0.25, -0.2) is 4.68 Å². The Morgan fingerprint density at radius 1 is 1.30 bits per heavy atom. The van der Waals surface area contributed by atoms with Gasteiger partial charge in [-0.3, -0.25) is 4.79 Å². The lowest BCUT2D eigenvalue weighted by molar-refractivity contribution is 0.0526. The molecule has 2 fully saturated rings. The molecule has 3 rings (SSSR count). The van der Waals surface area contributed by atoms with E-state index in [4.69, 9.17) is 4.74 Å². The number of nitrogens with zero attached hydrogens (tertiary/aromatic N) is 2. The summed E-state index contributed by atoms with van der Waals surface area (Å²) in [4.78, 5) is 12.8. The van der Waals surface area contributed by atoms with Crippen molar-refractivity contribution < 1.29 is 4.74 Å². The van der Waals surface area contributed by atoms with Crippen molar-refractivity contribution >= 4 is 0 Å². The molecule has 1 aliphatic heterocycles. The summed E-state index contributed by atoms with van der Waals surface area (Å²) in [5, 5.41) is 4.66. The lowest BCUT2D eigenvalue weighted by Gasteiger charge is -2.26. The fourth-order valence-electron chi connectivity index (χ4n) is 2.81.